The summed E-state index contributed by atoms with van der Waals surface area (Å²) in [5.74, 6) is 0. The largest absolute Gasteiger partial charge is 0.396 e. The van der Waals surface area contributed by atoms with Crippen LogP contribution in [-0.2, 0) is 4.79 Å². The second-order valence-corrected chi connectivity index (χ2v) is 0.949. The van der Waals surface area contributed by atoms with E-state index in [0.29, 0.717) is 12.8 Å². The van der Waals surface area contributed by atoms with Crippen molar-refractivity contribution in [2.75, 3.05) is 6.61 Å². The Bertz CT molecular complexity index is 70.1. The normalized spacial score (nSPS) is 9.86. The van der Waals surface area contributed by atoms with E-state index in [1.165, 1.54) is 6.21 Å². The molecule has 0 aromatic heterocycles. The molecule has 0 radical (unpaired) electrons. The summed E-state index contributed by atoms with van der Waals surface area (Å²) in [6.45, 7) is 0.0529. The van der Waals surface area contributed by atoms with Crippen LogP contribution in [0.3, 0.4) is 0 Å². The zero-order valence-corrected chi connectivity index (χ0v) is 3.87. The predicted molar refractivity (Wildman–Crippen MR) is 26.3 cm³/mol. The maximum absolute atomic E-state index is 9.40. The summed E-state index contributed by atoms with van der Waals surface area (Å²) in [7, 11) is 0. The van der Waals surface area contributed by atoms with Gasteiger partial charge in [0.25, 0.3) is 0 Å². The Labute approximate surface area is 41.7 Å². The maximum atomic E-state index is 9.40. The SMILES string of the molecule is O=CN=CCCO. The van der Waals surface area contributed by atoms with E-state index in [1.807, 2.05) is 0 Å². The molecule has 0 saturated carbocycles. The molecule has 1 N–H and O–H groups in total. The van der Waals surface area contributed by atoms with E-state index < -0.39 is 0 Å². The molecule has 0 aromatic carbocycles. The molecule has 0 aliphatic carbocycles. The molecule has 3 heteroatoms. The molecule has 1 amide bonds. The first-order valence-electron chi connectivity index (χ1n) is 1.98. The van der Waals surface area contributed by atoms with Crippen LogP contribution in [0.25, 0.3) is 0 Å². The number of hydrogen-bond donors (Lipinski definition) is 1. The van der Waals surface area contributed by atoms with Gasteiger partial charge in [-0.05, 0) is 0 Å². The van der Waals surface area contributed by atoms with Crippen LogP contribution >= 0.6 is 0 Å². The summed E-state index contributed by atoms with van der Waals surface area (Å²) in [6, 6.07) is 0. The van der Waals surface area contributed by atoms with E-state index in [-0.39, 0.29) is 6.61 Å². The minimum absolute atomic E-state index is 0.0529. The first kappa shape index (κ1) is 6.30. The second kappa shape index (κ2) is 5.30. The van der Waals surface area contributed by atoms with Gasteiger partial charge >= 0.3 is 0 Å². The van der Waals surface area contributed by atoms with E-state index in [9.17, 15) is 4.79 Å². The number of amides is 1. The van der Waals surface area contributed by atoms with Crippen molar-refractivity contribution in [3.63, 3.8) is 0 Å². The molecular weight excluding hydrogens is 94.0 g/mol. The van der Waals surface area contributed by atoms with Crippen LogP contribution in [0.2, 0.25) is 0 Å². The topological polar surface area (TPSA) is 49.7 Å². The molecule has 0 atom stereocenters. The van der Waals surface area contributed by atoms with Crippen LogP contribution in [0.1, 0.15) is 6.42 Å². The molecule has 0 aromatic rings. The molecule has 0 rings (SSSR count). The highest BCUT2D eigenvalue weighted by Crippen LogP contribution is 1.65. The van der Waals surface area contributed by atoms with Crippen molar-refractivity contribution in [3.05, 3.63) is 0 Å². The average molecular weight is 101 g/mol. The second-order valence-electron chi connectivity index (χ2n) is 0.949. The number of carbonyl (C=O) groups excluding carboxylic acids is 1. The van der Waals surface area contributed by atoms with Gasteiger partial charge < -0.3 is 5.11 Å². The van der Waals surface area contributed by atoms with Gasteiger partial charge in [-0.15, -0.1) is 0 Å². The van der Waals surface area contributed by atoms with Crippen LogP contribution in [0.15, 0.2) is 4.99 Å². The molecule has 7 heavy (non-hydrogen) atoms. The molecule has 0 unspecified atom stereocenters. The minimum Gasteiger partial charge on any atom is -0.396 e. The van der Waals surface area contributed by atoms with Gasteiger partial charge in [0.05, 0.1) is 0 Å². The zero-order chi connectivity index (χ0) is 5.54. The first-order valence-corrected chi connectivity index (χ1v) is 1.98. The number of aliphatic imine (C=N–C) groups is 1. The van der Waals surface area contributed by atoms with Crippen LogP contribution in [0.5, 0.6) is 0 Å². The Kier molecular flexibility index (Phi) is 4.77. The number of rotatable bonds is 3. The van der Waals surface area contributed by atoms with Crippen molar-refractivity contribution in [3.8, 4) is 0 Å². The van der Waals surface area contributed by atoms with Crippen LogP contribution in [-0.4, -0.2) is 24.3 Å². The van der Waals surface area contributed by atoms with Gasteiger partial charge in [-0.3, -0.25) is 4.79 Å². The van der Waals surface area contributed by atoms with Crippen LogP contribution in [0, 0.1) is 0 Å². The summed E-state index contributed by atoms with van der Waals surface area (Å²) < 4.78 is 0. The Morgan fingerprint density at radius 3 is 2.86 bits per heavy atom. The number of aliphatic hydroxyl groups excluding tert-OH is 1. The lowest BCUT2D eigenvalue weighted by Crippen LogP contribution is -1.81. The van der Waals surface area contributed by atoms with Crippen molar-refractivity contribution in [1.29, 1.82) is 0 Å². The third-order valence-corrected chi connectivity index (χ3v) is 0.424. The minimum atomic E-state index is 0.0529. The monoisotopic (exact) mass is 101 g/mol. The third kappa shape index (κ3) is 5.30. The average Bonchev–Trinajstić information content (AvgIpc) is 1.69. The van der Waals surface area contributed by atoms with Gasteiger partial charge in [-0.2, -0.15) is 0 Å². The van der Waals surface area contributed by atoms with Crippen molar-refractivity contribution in [1.82, 2.24) is 0 Å². The Morgan fingerprint density at radius 1 is 1.71 bits per heavy atom. The van der Waals surface area contributed by atoms with Crippen LogP contribution in [0.4, 0.5) is 0 Å². The predicted octanol–water partition coefficient (Wildman–Crippen LogP) is -0.404. The van der Waals surface area contributed by atoms with E-state index in [1.54, 1.807) is 0 Å². The Morgan fingerprint density at radius 2 is 2.43 bits per heavy atom. The quantitative estimate of drug-likeness (QED) is 0.388. The van der Waals surface area contributed by atoms with Gasteiger partial charge in [0.15, 0.2) is 0 Å². The molecule has 0 heterocycles. The smallest absolute Gasteiger partial charge is 0.232 e. The lowest BCUT2D eigenvalue weighted by molar-refractivity contribution is -0.106. The first-order chi connectivity index (χ1) is 3.41. The van der Waals surface area contributed by atoms with Gasteiger partial charge in [0, 0.05) is 19.2 Å². The third-order valence-electron chi connectivity index (χ3n) is 0.424. The number of carbonyl (C=O) groups is 1. The highest BCUT2D eigenvalue weighted by Gasteiger charge is 1.69. The number of hydrogen-bond acceptors (Lipinski definition) is 2. The summed E-state index contributed by atoms with van der Waals surface area (Å²) >= 11 is 0. The summed E-state index contributed by atoms with van der Waals surface area (Å²) in [6.07, 6.45) is 2.27. The van der Waals surface area contributed by atoms with E-state index in [2.05, 4.69) is 4.99 Å². The fourth-order valence-corrected chi connectivity index (χ4v) is 0.175. The van der Waals surface area contributed by atoms with Gasteiger partial charge in [-0.25, -0.2) is 4.99 Å². The summed E-state index contributed by atoms with van der Waals surface area (Å²) in [5.41, 5.74) is 0. The van der Waals surface area contributed by atoms with Gasteiger partial charge in [0.1, 0.15) is 0 Å². The molecule has 3 nitrogen and oxygen atoms in total. The number of aliphatic hydroxyl groups is 1. The highest BCUT2D eigenvalue weighted by molar-refractivity contribution is 5.69. The fourth-order valence-electron chi connectivity index (χ4n) is 0.175. The standard InChI is InChI=1S/C4H7NO2/c6-3-1-2-5-4-7/h2,4,6H,1,3H2. The molecule has 40 valence electrons. The van der Waals surface area contributed by atoms with E-state index in [0.717, 1.165) is 0 Å². The molecule has 0 fully saturated rings. The van der Waals surface area contributed by atoms with Crippen LogP contribution < -0.4 is 0 Å². The molecule has 0 spiro atoms. The van der Waals surface area contributed by atoms with Gasteiger partial charge in [0.2, 0.25) is 6.41 Å². The summed E-state index contributed by atoms with van der Waals surface area (Å²) in [4.78, 5) is 12.6. The van der Waals surface area contributed by atoms with E-state index >= 15 is 0 Å². The molecule has 0 bridgehead atoms. The van der Waals surface area contributed by atoms with Crippen molar-refractivity contribution in [2.24, 2.45) is 4.99 Å². The zero-order valence-electron chi connectivity index (χ0n) is 3.87. The lowest BCUT2D eigenvalue weighted by Gasteiger charge is -1.75. The number of nitrogens with zero attached hydrogens (tertiary/aromatic N) is 1. The Balaban J connectivity index is 2.92. The summed E-state index contributed by atoms with van der Waals surface area (Å²) in [5, 5.41) is 8.09. The lowest BCUT2D eigenvalue weighted by atomic mass is 10.5. The Hall–Kier alpha value is -0.700. The molecule has 0 saturated heterocycles. The van der Waals surface area contributed by atoms with Crippen molar-refractivity contribution < 1.29 is 9.90 Å². The highest BCUT2D eigenvalue weighted by atomic mass is 16.2. The molecule has 0 aliphatic heterocycles. The maximum Gasteiger partial charge on any atom is 0.232 e. The van der Waals surface area contributed by atoms with E-state index in [4.69, 9.17) is 5.11 Å². The van der Waals surface area contributed by atoms with Crippen molar-refractivity contribution >= 4 is 12.6 Å². The molecule has 0 aliphatic rings. The fraction of sp³-hybridized carbons (Fsp3) is 0.500. The van der Waals surface area contributed by atoms with Gasteiger partial charge in [-0.1, -0.05) is 0 Å². The van der Waals surface area contributed by atoms with Crippen molar-refractivity contribution in [2.45, 2.75) is 6.42 Å². The molecular formula is C4H7NO2.